The fourth-order valence-corrected chi connectivity index (χ4v) is 9.37. The minimum atomic E-state index is -0.763. The predicted molar refractivity (Wildman–Crippen MR) is 289 cm³/mol. The Hall–Kier alpha value is -1.59. The topological polar surface area (TPSA) is 78.9 Å². The molecule has 398 valence electrons. The molecule has 0 aliphatic rings. The van der Waals surface area contributed by atoms with Crippen molar-refractivity contribution >= 4 is 17.9 Å². The first-order chi connectivity index (χ1) is 32.8. The highest BCUT2D eigenvalue weighted by atomic mass is 16.6. The van der Waals surface area contributed by atoms with E-state index in [4.69, 9.17) is 14.2 Å². The van der Waals surface area contributed by atoms with Crippen LogP contribution in [0.25, 0.3) is 0 Å². The van der Waals surface area contributed by atoms with Gasteiger partial charge >= 0.3 is 17.9 Å². The lowest BCUT2D eigenvalue weighted by molar-refractivity contribution is -0.167. The molecule has 0 rings (SSSR count). The predicted octanol–water partition coefficient (Wildman–Crippen LogP) is 20.0. The molecular formula is C61H118O6. The Bertz CT molecular complexity index is 1030. The number of carbonyl (C=O) groups excluding carboxylic acids is 3. The van der Waals surface area contributed by atoms with Gasteiger partial charge in [0.25, 0.3) is 0 Å². The van der Waals surface area contributed by atoms with E-state index in [-0.39, 0.29) is 31.1 Å². The van der Waals surface area contributed by atoms with Crippen molar-refractivity contribution in [2.75, 3.05) is 13.2 Å². The molecule has 0 radical (unpaired) electrons. The Morgan fingerprint density at radius 3 is 0.851 bits per heavy atom. The highest BCUT2D eigenvalue weighted by Gasteiger charge is 2.19. The first-order valence-electron chi connectivity index (χ1n) is 30.3. The van der Waals surface area contributed by atoms with Gasteiger partial charge in [-0.2, -0.15) is 0 Å². The van der Waals surface area contributed by atoms with E-state index in [1.165, 1.54) is 231 Å². The average Bonchev–Trinajstić information content (AvgIpc) is 3.31. The molecule has 0 aromatic heterocycles. The molecule has 1 unspecified atom stereocenters. The summed E-state index contributed by atoms with van der Waals surface area (Å²) in [6.07, 6.45) is 58.1. The first kappa shape index (κ1) is 65.4. The molecule has 0 fully saturated rings. The van der Waals surface area contributed by atoms with E-state index in [9.17, 15) is 14.4 Å². The quantitative estimate of drug-likeness (QED) is 0.0343. The minimum absolute atomic E-state index is 0.0627. The van der Waals surface area contributed by atoms with Gasteiger partial charge in [0.05, 0.1) is 0 Å². The third-order valence-corrected chi connectivity index (χ3v) is 14.3. The monoisotopic (exact) mass is 947 g/mol. The van der Waals surface area contributed by atoms with Crippen molar-refractivity contribution in [3.8, 4) is 0 Å². The van der Waals surface area contributed by atoms with Crippen LogP contribution in [-0.4, -0.2) is 37.2 Å². The number of unbranched alkanes of at least 4 members (excludes halogenated alkanes) is 39. The summed E-state index contributed by atoms with van der Waals surface area (Å²) < 4.78 is 16.9. The lowest BCUT2D eigenvalue weighted by atomic mass is 9.99. The molecular weight excluding hydrogens is 829 g/mol. The highest BCUT2D eigenvalue weighted by molar-refractivity contribution is 5.71. The van der Waals surface area contributed by atoms with Crippen molar-refractivity contribution in [2.45, 2.75) is 349 Å². The van der Waals surface area contributed by atoms with Gasteiger partial charge in [-0.05, 0) is 31.1 Å². The van der Waals surface area contributed by atoms with Crippen LogP contribution in [0.1, 0.15) is 343 Å². The van der Waals surface area contributed by atoms with E-state index < -0.39 is 6.10 Å². The summed E-state index contributed by atoms with van der Waals surface area (Å²) in [5, 5.41) is 0. The van der Waals surface area contributed by atoms with Crippen LogP contribution < -0.4 is 0 Å². The maximum Gasteiger partial charge on any atom is 0.306 e. The van der Waals surface area contributed by atoms with Gasteiger partial charge in [0.1, 0.15) is 13.2 Å². The molecule has 0 heterocycles. The van der Waals surface area contributed by atoms with E-state index >= 15 is 0 Å². The molecule has 0 aromatic rings. The van der Waals surface area contributed by atoms with Gasteiger partial charge in [0.2, 0.25) is 0 Å². The Morgan fingerprint density at radius 1 is 0.313 bits per heavy atom. The van der Waals surface area contributed by atoms with Crippen LogP contribution in [-0.2, 0) is 28.6 Å². The van der Waals surface area contributed by atoms with Gasteiger partial charge in [-0.25, -0.2) is 0 Å². The fraction of sp³-hybridized carbons (Fsp3) is 0.951. The van der Waals surface area contributed by atoms with E-state index in [1.807, 2.05) is 0 Å². The second-order valence-corrected chi connectivity index (χ2v) is 21.7. The maximum absolute atomic E-state index is 12.9. The molecule has 6 nitrogen and oxygen atoms in total. The molecule has 6 heteroatoms. The molecule has 0 bridgehead atoms. The van der Waals surface area contributed by atoms with Crippen LogP contribution in [0.15, 0.2) is 0 Å². The second kappa shape index (κ2) is 53.8. The molecule has 0 amide bonds. The summed E-state index contributed by atoms with van der Waals surface area (Å²) in [4.78, 5) is 38.2. The minimum Gasteiger partial charge on any atom is -0.462 e. The van der Waals surface area contributed by atoms with Gasteiger partial charge in [-0.3, -0.25) is 14.4 Å². The van der Waals surface area contributed by atoms with Crippen LogP contribution in [0, 0.1) is 11.8 Å². The van der Waals surface area contributed by atoms with Crippen molar-refractivity contribution in [3.63, 3.8) is 0 Å². The lowest BCUT2D eigenvalue weighted by Crippen LogP contribution is -2.30. The summed E-state index contributed by atoms with van der Waals surface area (Å²) in [5.74, 6) is 0.868. The molecule has 0 spiro atoms. The van der Waals surface area contributed by atoms with Crippen LogP contribution in [0.5, 0.6) is 0 Å². The number of rotatable bonds is 55. The van der Waals surface area contributed by atoms with Crippen LogP contribution in [0.2, 0.25) is 0 Å². The summed E-state index contributed by atoms with van der Waals surface area (Å²) in [6, 6.07) is 0. The highest BCUT2D eigenvalue weighted by Crippen LogP contribution is 2.19. The average molecular weight is 948 g/mol. The van der Waals surface area contributed by atoms with Crippen LogP contribution >= 0.6 is 0 Å². The molecule has 67 heavy (non-hydrogen) atoms. The van der Waals surface area contributed by atoms with E-state index in [0.717, 1.165) is 69.6 Å². The molecule has 0 saturated carbocycles. The summed E-state index contributed by atoms with van der Waals surface area (Å²) in [6.45, 7) is 11.4. The van der Waals surface area contributed by atoms with E-state index in [2.05, 4.69) is 34.6 Å². The SMILES string of the molecule is CCCCCCCCCCCCCCCCCCC(=O)OC[C@@H](COC(=O)CCCCCCCCCCC(C)CC)OC(=O)CCCCCCCCCCCCCCCCCCCCC(C)C. The van der Waals surface area contributed by atoms with Crippen LogP contribution in [0.4, 0.5) is 0 Å². The van der Waals surface area contributed by atoms with Gasteiger partial charge < -0.3 is 14.2 Å². The summed E-state index contributed by atoms with van der Waals surface area (Å²) >= 11 is 0. The van der Waals surface area contributed by atoms with Crippen molar-refractivity contribution in [3.05, 3.63) is 0 Å². The molecule has 0 aromatic carbocycles. The number of esters is 3. The Balaban J connectivity index is 4.25. The zero-order chi connectivity index (χ0) is 48.9. The third-order valence-electron chi connectivity index (χ3n) is 14.3. The van der Waals surface area contributed by atoms with Crippen LogP contribution in [0.3, 0.4) is 0 Å². The number of carbonyl (C=O) groups is 3. The van der Waals surface area contributed by atoms with Crippen molar-refractivity contribution in [1.29, 1.82) is 0 Å². The number of hydrogen-bond donors (Lipinski definition) is 0. The lowest BCUT2D eigenvalue weighted by Gasteiger charge is -2.18. The van der Waals surface area contributed by atoms with Gasteiger partial charge in [0, 0.05) is 19.3 Å². The largest absolute Gasteiger partial charge is 0.462 e. The number of ether oxygens (including phenoxy) is 3. The smallest absolute Gasteiger partial charge is 0.306 e. The molecule has 0 aliphatic carbocycles. The molecule has 0 saturated heterocycles. The van der Waals surface area contributed by atoms with Crippen molar-refractivity contribution < 1.29 is 28.6 Å². The Kier molecular flexibility index (Phi) is 52.5. The first-order valence-corrected chi connectivity index (χ1v) is 30.3. The van der Waals surface area contributed by atoms with Crippen molar-refractivity contribution in [2.24, 2.45) is 11.8 Å². The van der Waals surface area contributed by atoms with E-state index in [0.29, 0.717) is 19.3 Å². The Morgan fingerprint density at radius 2 is 0.567 bits per heavy atom. The zero-order valence-electron chi connectivity index (χ0n) is 46.0. The molecule has 2 atom stereocenters. The summed E-state index contributed by atoms with van der Waals surface area (Å²) in [7, 11) is 0. The fourth-order valence-electron chi connectivity index (χ4n) is 9.37. The third kappa shape index (κ3) is 53.6. The van der Waals surface area contributed by atoms with E-state index in [1.54, 1.807) is 0 Å². The number of hydrogen-bond acceptors (Lipinski definition) is 6. The van der Waals surface area contributed by atoms with Gasteiger partial charge in [-0.1, -0.05) is 304 Å². The Labute approximate surface area is 418 Å². The molecule has 0 aliphatic heterocycles. The van der Waals surface area contributed by atoms with Gasteiger partial charge in [-0.15, -0.1) is 0 Å². The zero-order valence-corrected chi connectivity index (χ0v) is 46.0. The summed E-state index contributed by atoms with van der Waals surface area (Å²) in [5.41, 5.74) is 0. The second-order valence-electron chi connectivity index (χ2n) is 21.7. The van der Waals surface area contributed by atoms with Gasteiger partial charge in [0.15, 0.2) is 6.10 Å². The normalized spacial score (nSPS) is 12.4. The van der Waals surface area contributed by atoms with Crippen molar-refractivity contribution in [1.82, 2.24) is 0 Å². The standard InChI is InChI=1S/C61H118O6/c1-6-8-9-10-11-12-13-14-15-21-24-27-30-36-41-46-51-59(62)65-54-58(55-66-60(63)52-47-42-37-33-32-35-40-45-50-57(5)7-2)67-61(64)53-48-43-38-31-28-25-22-19-17-16-18-20-23-26-29-34-39-44-49-56(3)4/h56-58H,6-55H2,1-5H3/t57?,58-/m0/s1. The maximum atomic E-state index is 12.9. The molecule has 0 N–H and O–H groups in total.